The van der Waals surface area contributed by atoms with Crippen LogP contribution in [0.1, 0.15) is 40.0 Å². The van der Waals surface area contributed by atoms with Crippen LogP contribution in [0.5, 0.6) is 0 Å². The second-order valence-corrected chi connectivity index (χ2v) is 7.46. The maximum atomic E-state index is 5.99. The molecule has 92 valence electrons. The summed E-state index contributed by atoms with van der Waals surface area (Å²) in [4.78, 5) is 0. The third-order valence-electron chi connectivity index (χ3n) is 2.44. The van der Waals surface area contributed by atoms with Gasteiger partial charge in [-0.1, -0.05) is 20.8 Å². The first kappa shape index (κ1) is 15.1. The molecule has 0 aromatic carbocycles. The van der Waals surface area contributed by atoms with Crippen LogP contribution in [-0.4, -0.2) is 28.3 Å². The highest BCUT2D eigenvalue weighted by molar-refractivity contribution is 6.67. The Balaban J connectivity index is 4.16. The van der Waals surface area contributed by atoms with Crippen molar-refractivity contribution in [3.8, 4) is 0 Å². The summed E-state index contributed by atoms with van der Waals surface area (Å²) in [6.07, 6.45) is 3.15. The van der Waals surface area contributed by atoms with Gasteiger partial charge in [-0.05, 0) is 37.9 Å². The average Bonchev–Trinajstić information content (AvgIpc) is 2.29. The van der Waals surface area contributed by atoms with Crippen LogP contribution < -0.4 is 5.73 Å². The molecule has 0 aromatic heterocycles. The third kappa shape index (κ3) is 6.30. The maximum absolute atomic E-state index is 5.99. The summed E-state index contributed by atoms with van der Waals surface area (Å²) in [5.41, 5.74) is 5.56. The van der Waals surface area contributed by atoms with Crippen molar-refractivity contribution in [2.45, 2.75) is 52.1 Å². The molecule has 0 rings (SSSR count). The lowest BCUT2D eigenvalue weighted by Crippen LogP contribution is -2.42. The Morgan fingerprint density at radius 2 is 1.53 bits per heavy atom. The van der Waals surface area contributed by atoms with E-state index in [2.05, 4.69) is 20.8 Å². The summed E-state index contributed by atoms with van der Waals surface area (Å²) in [5.74, 6) is 0. The predicted molar refractivity (Wildman–Crippen MR) is 67.2 cm³/mol. The molecule has 0 saturated heterocycles. The zero-order chi connectivity index (χ0) is 11.6. The van der Waals surface area contributed by atoms with Crippen molar-refractivity contribution in [3.05, 3.63) is 0 Å². The largest absolute Gasteiger partial charge is 0.394 e. The molecule has 4 heteroatoms. The number of hydrogen-bond acceptors (Lipinski definition) is 3. The molecule has 0 saturated carbocycles. The number of rotatable bonds is 10. The van der Waals surface area contributed by atoms with Gasteiger partial charge in [0, 0.05) is 13.2 Å². The Kier molecular flexibility index (Phi) is 9.39. The van der Waals surface area contributed by atoms with Crippen LogP contribution in [0.15, 0.2) is 0 Å². The monoisotopic (exact) mass is 233 g/mol. The molecule has 0 spiro atoms. The van der Waals surface area contributed by atoms with Crippen molar-refractivity contribution in [3.63, 3.8) is 0 Å². The Morgan fingerprint density at radius 1 is 1.00 bits per heavy atom. The molecule has 2 N–H and O–H groups in total. The third-order valence-corrected chi connectivity index (χ3v) is 6.09. The van der Waals surface area contributed by atoms with Crippen LogP contribution in [0.2, 0.25) is 12.1 Å². The van der Waals surface area contributed by atoms with E-state index in [1.807, 2.05) is 0 Å². The van der Waals surface area contributed by atoms with Gasteiger partial charge in [0.2, 0.25) is 0 Å². The van der Waals surface area contributed by atoms with Crippen molar-refractivity contribution >= 4 is 8.56 Å². The second-order valence-electron chi connectivity index (χ2n) is 3.85. The van der Waals surface area contributed by atoms with Crippen LogP contribution in [0.3, 0.4) is 0 Å². The highest BCUT2D eigenvalue weighted by Crippen LogP contribution is 2.21. The number of hydrogen-bond donors (Lipinski definition) is 1. The van der Waals surface area contributed by atoms with Gasteiger partial charge in [-0.2, -0.15) is 0 Å². The minimum Gasteiger partial charge on any atom is -0.394 e. The highest BCUT2D eigenvalue weighted by Gasteiger charge is 2.34. The van der Waals surface area contributed by atoms with Gasteiger partial charge in [0.1, 0.15) is 0 Å². The molecule has 0 bridgehead atoms. The fraction of sp³-hybridized carbons (Fsp3) is 1.00. The quantitative estimate of drug-likeness (QED) is 0.590. The molecule has 0 heterocycles. The molecule has 0 atom stereocenters. The molecule has 15 heavy (non-hydrogen) atoms. The first-order valence-corrected chi connectivity index (χ1v) is 8.45. The van der Waals surface area contributed by atoms with Gasteiger partial charge >= 0.3 is 8.56 Å². The van der Waals surface area contributed by atoms with Crippen molar-refractivity contribution in [2.24, 2.45) is 5.73 Å². The normalized spacial score (nSPS) is 12.0. The zero-order valence-corrected chi connectivity index (χ0v) is 11.6. The molecule has 3 nitrogen and oxygen atoms in total. The summed E-state index contributed by atoms with van der Waals surface area (Å²) in [6, 6.07) is 2.08. The molecular formula is C11H27NO2Si. The van der Waals surface area contributed by atoms with Crippen molar-refractivity contribution in [1.29, 1.82) is 0 Å². The van der Waals surface area contributed by atoms with Gasteiger partial charge < -0.3 is 14.6 Å². The van der Waals surface area contributed by atoms with E-state index in [0.29, 0.717) is 0 Å². The summed E-state index contributed by atoms with van der Waals surface area (Å²) >= 11 is 0. The van der Waals surface area contributed by atoms with E-state index in [0.717, 1.165) is 51.1 Å². The van der Waals surface area contributed by atoms with Gasteiger partial charge in [-0.25, -0.2) is 0 Å². The molecule has 0 aliphatic rings. The smallest absolute Gasteiger partial charge is 0.337 e. The minimum absolute atomic E-state index is 0.736. The lowest BCUT2D eigenvalue weighted by Gasteiger charge is -2.29. The van der Waals surface area contributed by atoms with E-state index in [1.54, 1.807) is 0 Å². The van der Waals surface area contributed by atoms with Crippen LogP contribution in [-0.2, 0) is 8.85 Å². The van der Waals surface area contributed by atoms with Crippen molar-refractivity contribution in [1.82, 2.24) is 0 Å². The Labute approximate surface area is 95.6 Å². The maximum Gasteiger partial charge on any atom is 0.337 e. The molecule has 0 aromatic rings. The standard InChI is InChI=1S/C11H27NO2Si/c1-4-9-13-15(6-3,11-7-8-12)14-10-5-2/h4-12H2,1-3H3. The lowest BCUT2D eigenvalue weighted by atomic mass is 10.5. The first-order valence-electron chi connectivity index (χ1n) is 6.22. The fourth-order valence-electron chi connectivity index (χ4n) is 1.51. The molecule has 0 radical (unpaired) electrons. The van der Waals surface area contributed by atoms with E-state index >= 15 is 0 Å². The topological polar surface area (TPSA) is 44.5 Å². The lowest BCUT2D eigenvalue weighted by molar-refractivity contribution is 0.167. The molecule has 0 unspecified atom stereocenters. The SMILES string of the molecule is CCCO[Si](CC)(CCCN)OCCC. The molecule has 0 aliphatic heterocycles. The first-order chi connectivity index (χ1) is 7.24. The summed E-state index contributed by atoms with van der Waals surface area (Å²) in [6.45, 7) is 8.84. The van der Waals surface area contributed by atoms with Crippen LogP contribution >= 0.6 is 0 Å². The fourth-order valence-corrected chi connectivity index (χ4v) is 4.54. The summed E-state index contributed by atoms with van der Waals surface area (Å²) in [7, 11) is -1.91. The highest BCUT2D eigenvalue weighted by atomic mass is 28.4. The average molecular weight is 233 g/mol. The Hall–Kier alpha value is 0.0969. The Bertz CT molecular complexity index is 123. The van der Waals surface area contributed by atoms with E-state index < -0.39 is 8.56 Å². The Morgan fingerprint density at radius 3 is 1.87 bits per heavy atom. The van der Waals surface area contributed by atoms with Crippen LogP contribution in [0, 0.1) is 0 Å². The molecular weight excluding hydrogens is 206 g/mol. The van der Waals surface area contributed by atoms with Gasteiger partial charge in [0.05, 0.1) is 0 Å². The zero-order valence-electron chi connectivity index (χ0n) is 10.6. The van der Waals surface area contributed by atoms with Crippen molar-refractivity contribution in [2.75, 3.05) is 19.8 Å². The van der Waals surface area contributed by atoms with Gasteiger partial charge in [0.15, 0.2) is 0 Å². The van der Waals surface area contributed by atoms with Crippen LogP contribution in [0.4, 0.5) is 0 Å². The van der Waals surface area contributed by atoms with E-state index in [1.165, 1.54) is 0 Å². The van der Waals surface area contributed by atoms with E-state index in [4.69, 9.17) is 14.6 Å². The minimum atomic E-state index is -1.91. The molecule has 0 aliphatic carbocycles. The van der Waals surface area contributed by atoms with Gasteiger partial charge in [-0.3, -0.25) is 0 Å². The summed E-state index contributed by atoms with van der Waals surface area (Å²) < 4.78 is 12.0. The van der Waals surface area contributed by atoms with Crippen molar-refractivity contribution < 1.29 is 8.85 Å². The van der Waals surface area contributed by atoms with Crippen LogP contribution in [0.25, 0.3) is 0 Å². The van der Waals surface area contributed by atoms with Gasteiger partial charge in [-0.15, -0.1) is 0 Å². The summed E-state index contributed by atoms with van der Waals surface area (Å²) in [5, 5.41) is 0. The second kappa shape index (κ2) is 9.33. The van der Waals surface area contributed by atoms with E-state index in [-0.39, 0.29) is 0 Å². The van der Waals surface area contributed by atoms with E-state index in [9.17, 15) is 0 Å². The predicted octanol–water partition coefficient (Wildman–Crippen LogP) is 2.65. The molecule has 0 fully saturated rings. The molecule has 0 amide bonds. The van der Waals surface area contributed by atoms with Gasteiger partial charge in [0.25, 0.3) is 0 Å². The number of nitrogens with two attached hydrogens (primary N) is 1.